The smallest absolute Gasteiger partial charge is 0.151 e. The standard InChI is InChI=1S/C15H15N5OS/c1-2-13(20-4-6-21-7-5-20)16-9-11(1)19-15-14-12(3-8-22-14)17-10-18-15/h1-3,8-10H,4-7H2,(H,17,18,19). The molecular formula is C15H15N5OS. The summed E-state index contributed by atoms with van der Waals surface area (Å²) in [6.45, 7) is 3.31. The fourth-order valence-corrected chi connectivity index (χ4v) is 3.24. The first-order chi connectivity index (χ1) is 10.9. The lowest BCUT2D eigenvalue weighted by molar-refractivity contribution is 0.122. The van der Waals surface area contributed by atoms with Crippen molar-refractivity contribution in [1.82, 2.24) is 15.0 Å². The second-order valence-electron chi connectivity index (χ2n) is 4.99. The fraction of sp³-hybridized carbons (Fsp3) is 0.267. The maximum atomic E-state index is 5.36. The molecule has 0 aliphatic carbocycles. The van der Waals surface area contributed by atoms with Crippen LogP contribution in [-0.4, -0.2) is 41.3 Å². The summed E-state index contributed by atoms with van der Waals surface area (Å²) in [5, 5.41) is 5.33. The van der Waals surface area contributed by atoms with Crippen LogP contribution in [0.3, 0.4) is 0 Å². The summed E-state index contributed by atoms with van der Waals surface area (Å²) in [5.74, 6) is 1.80. The van der Waals surface area contributed by atoms with Crippen LogP contribution in [0.5, 0.6) is 0 Å². The predicted octanol–water partition coefficient (Wildman–Crippen LogP) is 2.67. The predicted molar refractivity (Wildman–Crippen MR) is 88.0 cm³/mol. The van der Waals surface area contributed by atoms with E-state index in [1.54, 1.807) is 17.7 Å². The van der Waals surface area contributed by atoms with Gasteiger partial charge < -0.3 is 15.0 Å². The van der Waals surface area contributed by atoms with E-state index in [4.69, 9.17) is 4.74 Å². The number of rotatable bonds is 3. The van der Waals surface area contributed by atoms with Gasteiger partial charge in [0.2, 0.25) is 0 Å². The number of fused-ring (bicyclic) bond motifs is 1. The van der Waals surface area contributed by atoms with Gasteiger partial charge in [-0.15, -0.1) is 11.3 Å². The Morgan fingerprint density at radius 3 is 2.82 bits per heavy atom. The van der Waals surface area contributed by atoms with Crippen molar-refractivity contribution in [3.63, 3.8) is 0 Å². The average Bonchev–Trinajstić information content (AvgIpc) is 3.06. The molecule has 0 saturated carbocycles. The summed E-state index contributed by atoms with van der Waals surface area (Å²) in [6.07, 6.45) is 3.42. The van der Waals surface area contributed by atoms with Crippen molar-refractivity contribution in [3.8, 4) is 0 Å². The van der Waals surface area contributed by atoms with E-state index in [-0.39, 0.29) is 0 Å². The molecule has 0 radical (unpaired) electrons. The minimum atomic E-state index is 0.763. The number of nitrogens with one attached hydrogen (secondary N) is 1. The van der Waals surface area contributed by atoms with E-state index in [0.717, 1.165) is 53.8 Å². The van der Waals surface area contributed by atoms with Crippen LogP contribution in [0.15, 0.2) is 36.1 Å². The van der Waals surface area contributed by atoms with E-state index in [1.807, 2.05) is 29.8 Å². The van der Waals surface area contributed by atoms with E-state index >= 15 is 0 Å². The topological polar surface area (TPSA) is 63.2 Å². The Labute approximate surface area is 131 Å². The largest absolute Gasteiger partial charge is 0.378 e. The summed E-state index contributed by atoms with van der Waals surface area (Å²) >= 11 is 1.63. The molecule has 3 aromatic rings. The SMILES string of the molecule is c1nc(Nc2ccc(N3CCOCC3)nc2)c2sccc2n1. The van der Waals surface area contributed by atoms with E-state index in [2.05, 4.69) is 25.2 Å². The van der Waals surface area contributed by atoms with Gasteiger partial charge in [0.1, 0.15) is 12.1 Å². The molecule has 7 heteroatoms. The minimum Gasteiger partial charge on any atom is -0.378 e. The zero-order valence-electron chi connectivity index (χ0n) is 11.9. The van der Waals surface area contributed by atoms with Crippen molar-refractivity contribution in [2.24, 2.45) is 0 Å². The maximum absolute atomic E-state index is 5.36. The number of aromatic nitrogens is 3. The highest BCUT2D eigenvalue weighted by atomic mass is 32.1. The zero-order valence-corrected chi connectivity index (χ0v) is 12.7. The lowest BCUT2D eigenvalue weighted by atomic mass is 10.3. The van der Waals surface area contributed by atoms with Gasteiger partial charge in [0.05, 0.1) is 35.3 Å². The van der Waals surface area contributed by atoms with Gasteiger partial charge >= 0.3 is 0 Å². The number of hydrogen-bond donors (Lipinski definition) is 1. The molecule has 6 nitrogen and oxygen atoms in total. The lowest BCUT2D eigenvalue weighted by Gasteiger charge is -2.27. The van der Waals surface area contributed by atoms with Crippen LogP contribution >= 0.6 is 11.3 Å². The van der Waals surface area contributed by atoms with Crippen molar-refractivity contribution < 1.29 is 4.74 Å². The Balaban J connectivity index is 1.54. The highest BCUT2D eigenvalue weighted by molar-refractivity contribution is 7.17. The second kappa shape index (κ2) is 5.86. The Kier molecular flexibility index (Phi) is 3.57. The quantitative estimate of drug-likeness (QED) is 0.802. The molecule has 1 fully saturated rings. The van der Waals surface area contributed by atoms with Gasteiger partial charge in [0.15, 0.2) is 5.82 Å². The third-order valence-electron chi connectivity index (χ3n) is 3.59. The zero-order chi connectivity index (χ0) is 14.8. The van der Waals surface area contributed by atoms with Gasteiger partial charge in [-0.3, -0.25) is 0 Å². The maximum Gasteiger partial charge on any atom is 0.151 e. The van der Waals surface area contributed by atoms with Gasteiger partial charge in [-0.05, 0) is 23.6 Å². The summed E-state index contributed by atoms with van der Waals surface area (Å²) in [6, 6.07) is 6.05. The van der Waals surface area contributed by atoms with Crippen LogP contribution in [0.25, 0.3) is 10.2 Å². The third kappa shape index (κ3) is 2.60. The van der Waals surface area contributed by atoms with Crippen LogP contribution in [0.1, 0.15) is 0 Å². The molecule has 22 heavy (non-hydrogen) atoms. The van der Waals surface area contributed by atoms with Crippen molar-refractivity contribution in [2.75, 3.05) is 36.5 Å². The molecule has 0 aromatic carbocycles. The van der Waals surface area contributed by atoms with Crippen molar-refractivity contribution >= 4 is 38.9 Å². The highest BCUT2D eigenvalue weighted by Gasteiger charge is 2.12. The van der Waals surface area contributed by atoms with Gasteiger partial charge in [-0.25, -0.2) is 15.0 Å². The van der Waals surface area contributed by atoms with Crippen LogP contribution in [0.4, 0.5) is 17.3 Å². The molecule has 1 aliphatic rings. The fourth-order valence-electron chi connectivity index (χ4n) is 2.45. The lowest BCUT2D eigenvalue weighted by Crippen LogP contribution is -2.36. The number of nitrogens with zero attached hydrogens (tertiary/aromatic N) is 4. The average molecular weight is 313 g/mol. The minimum absolute atomic E-state index is 0.763. The van der Waals surface area contributed by atoms with Gasteiger partial charge in [-0.1, -0.05) is 0 Å². The molecule has 0 bridgehead atoms. The Hall–Kier alpha value is -2.25. The first-order valence-electron chi connectivity index (χ1n) is 7.14. The molecule has 3 aromatic heterocycles. The van der Waals surface area contributed by atoms with Gasteiger partial charge in [0, 0.05) is 13.1 Å². The molecule has 4 heterocycles. The van der Waals surface area contributed by atoms with Crippen LogP contribution in [0, 0.1) is 0 Å². The summed E-state index contributed by atoms with van der Waals surface area (Å²) in [7, 11) is 0. The monoisotopic (exact) mass is 313 g/mol. The molecule has 0 amide bonds. The molecule has 1 N–H and O–H groups in total. The molecule has 0 spiro atoms. The first-order valence-corrected chi connectivity index (χ1v) is 8.02. The Morgan fingerprint density at radius 2 is 2.00 bits per heavy atom. The highest BCUT2D eigenvalue weighted by Crippen LogP contribution is 2.27. The van der Waals surface area contributed by atoms with E-state index in [9.17, 15) is 0 Å². The third-order valence-corrected chi connectivity index (χ3v) is 4.50. The summed E-state index contributed by atoms with van der Waals surface area (Å²) in [5.41, 5.74) is 1.88. The van der Waals surface area contributed by atoms with Crippen molar-refractivity contribution in [1.29, 1.82) is 0 Å². The molecule has 0 unspecified atom stereocenters. The van der Waals surface area contributed by atoms with Crippen LogP contribution in [-0.2, 0) is 4.74 Å². The number of thiophene rings is 1. The van der Waals surface area contributed by atoms with Crippen molar-refractivity contribution in [2.45, 2.75) is 0 Å². The molecule has 1 saturated heterocycles. The number of hydrogen-bond acceptors (Lipinski definition) is 7. The normalized spacial score (nSPS) is 15.2. The van der Waals surface area contributed by atoms with Gasteiger partial charge in [-0.2, -0.15) is 0 Å². The Morgan fingerprint density at radius 1 is 1.09 bits per heavy atom. The molecule has 4 rings (SSSR count). The molecule has 1 aliphatic heterocycles. The first kappa shape index (κ1) is 13.4. The number of pyridine rings is 1. The van der Waals surface area contributed by atoms with Gasteiger partial charge in [0.25, 0.3) is 0 Å². The van der Waals surface area contributed by atoms with Crippen molar-refractivity contribution in [3.05, 3.63) is 36.1 Å². The molecule has 112 valence electrons. The molecule has 0 atom stereocenters. The summed E-state index contributed by atoms with van der Waals surface area (Å²) < 4.78 is 6.42. The van der Waals surface area contributed by atoms with E-state index in [1.165, 1.54) is 0 Å². The van der Waals surface area contributed by atoms with Crippen LogP contribution in [0.2, 0.25) is 0 Å². The van der Waals surface area contributed by atoms with E-state index < -0.39 is 0 Å². The summed E-state index contributed by atoms with van der Waals surface area (Å²) in [4.78, 5) is 15.3. The van der Waals surface area contributed by atoms with Crippen LogP contribution < -0.4 is 10.2 Å². The number of anilines is 3. The number of ether oxygens (including phenoxy) is 1. The number of morpholine rings is 1. The van der Waals surface area contributed by atoms with E-state index in [0.29, 0.717) is 0 Å². The Bertz CT molecular complexity index is 767. The molecular weight excluding hydrogens is 298 g/mol. The second-order valence-corrected chi connectivity index (χ2v) is 5.90.